The Morgan fingerprint density at radius 2 is 1.87 bits per heavy atom. The number of anilines is 2. The van der Waals surface area contributed by atoms with Gasteiger partial charge in [0, 0.05) is 44.6 Å². The number of hydrogen-bond acceptors (Lipinski definition) is 8. The first-order valence-electron chi connectivity index (χ1n) is 11.2. The monoisotopic (exact) mass is 550 g/mol. The lowest BCUT2D eigenvalue weighted by Crippen LogP contribution is -2.59. The van der Waals surface area contributed by atoms with E-state index in [1.54, 1.807) is 10.00 Å². The van der Waals surface area contributed by atoms with Gasteiger partial charge in [0.15, 0.2) is 0 Å². The van der Waals surface area contributed by atoms with Crippen molar-refractivity contribution in [3.63, 3.8) is 0 Å². The summed E-state index contributed by atoms with van der Waals surface area (Å²) in [5.74, 6) is 0.0326. The van der Waals surface area contributed by atoms with E-state index in [1.165, 1.54) is 24.0 Å². The summed E-state index contributed by atoms with van der Waals surface area (Å²) in [6.45, 7) is 1.52. The Balaban J connectivity index is 1.52. The summed E-state index contributed by atoms with van der Waals surface area (Å²) in [4.78, 5) is 34.5. The van der Waals surface area contributed by atoms with Crippen LogP contribution in [0.3, 0.4) is 0 Å². The molecule has 2 unspecified atom stereocenters. The van der Waals surface area contributed by atoms with E-state index in [0.717, 1.165) is 6.20 Å². The maximum atomic E-state index is 13.1. The molecule has 2 amide bonds. The van der Waals surface area contributed by atoms with Crippen LogP contribution in [-0.2, 0) is 12.4 Å². The van der Waals surface area contributed by atoms with Crippen LogP contribution in [0.25, 0.3) is 0 Å². The van der Waals surface area contributed by atoms with Gasteiger partial charge in [-0.1, -0.05) is 12.2 Å². The number of piperazine rings is 1. The first-order chi connectivity index (χ1) is 17.8. The van der Waals surface area contributed by atoms with Crippen LogP contribution in [0.4, 0.5) is 42.8 Å². The second-order valence-electron chi connectivity index (χ2n) is 8.28. The van der Waals surface area contributed by atoms with Gasteiger partial charge in [0.25, 0.3) is 5.56 Å². The summed E-state index contributed by atoms with van der Waals surface area (Å²) >= 11 is 0. The molecule has 0 saturated carbocycles. The second-order valence-corrected chi connectivity index (χ2v) is 8.28. The Hall–Kier alpha value is -3.89. The number of aliphatic hydroxyl groups is 1. The van der Waals surface area contributed by atoms with Crippen molar-refractivity contribution < 1.29 is 36.2 Å². The Morgan fingerprint density at radius 3 is 2.47 bits per heavy atom. The van der Waals surface area contributed by atoms with Gasteiger partial charge in [-0.3, -0.25) is 4.79 Å². The van der Waals surface area contributed by atoms with Crippen LogP contribution in [0.1, 0.15) is 18.1 Å². The molecule has 4 N–H and O–H groups in total. The standard InChI is InChI=1S/C21H24F6N8O3/c1-12(32-15-9-31-33-17(37)16(15)21(25,26)27)3-2-4-28-19(38)35-6-5-34(10-14(35)11-36)18-29-7-13(8-30-18)20(22,23)24/h2-3,7-9,12,14,36H,4-6,10-11H2,1H3,(H,28,38)(H2,32,33,37)/b3-2+. The summed E-state index contributed by atoms with van der Waals surface area (Å²) in [5, 5.41) is 20.0. The smallest absolute Gasteiger partial charge is 0.394 e. The van der Waals surface area contributed by atoms with Gasteiger partial charge >= 0.3 is 18.4 Å². The summed E-state index contributed by atoms with van der Waals surface area (Å²) in [7, 11) is 0. The zero-order valence-electron chi connectivity index (χ0n) is 19.8. The molecule has 1 aliphatic heterocycles. The van der Waals surface area contributed by atoms with Gasteiger partial charge in [0.05, 0.1) is 30.1 Å². The molecule has 1 saturated heterocycles. The number of hydrogen-bond donors (Lipinski definition) is 4. The number of carbonyl (C=O) groups is 1. The number of nitrogens with one attached hydrogen (secondary N) is 3. The number of aromatic amines is 1. The van der Waals surface area contributed by atoms with E-state index < -0.39 is 59.4 Å². The lowest BCUT2D eigenvalue weighted by molar-refractivity contribution is -0.139. The second kappa shape index (κ2) is 11.7. The molecule has 0 bridgehead atoms. The molecule has 0 aromatic carbocycles. The van der Waals surface area contributed by atoms with Crippen molar-refractivity contribution in [2.24, 2.45) is 0 Å². The van der Waals surface area contributed by atoms with E-state index >= 15 is 0 Å². The van der Waals surface area contributed by atoms with Crippen LogP contribution in [0.5, 0.6) is 0 Å². The largest absolute Gasteiger partial charge is 0.423 e. The maximum Gasteiger partial charge on any atom is 0.423 e. The lowest BCUT2D eigenvalue weighted by Gasteiger charge is -2.40. The minimum atomic E-state index is -4.89. The number of amides is 2. The van der Waals surface area contributed by atoms with Gasteiger partial charge < -0.3 is 25.5 Å². The van der Waals surface area contributed by atoms with Crippen LogP contribution < -0.4 is 21.1 Å². The van der Waals surface area contributed by atoms with Gasteiger partial charge in [-0.15, -0.1) is 0 Å². The third kappa shape index (κ3) is 7.11. The van der Waals surface area contributed by atoms with E-state index in [0.29, 0.717) is 12.4 Å². The molecule has 1 fully saturated rings. The zero-order valence-corrected chi connectivity index (χ0v) is 19.8. The van der Waals surface area contributed by atoms with Crippen molar-refractivity contribution in [2.75, 3.05) is 43.0 Å². The quantitative estimate of drug-likeness (QED) is 0.303. The molecule has 0 spiro atoms. The average molecular weight is 550 g/mol. The minimum Gasteiger partial charge on any atom is -0.394 e. The van der Waals surface area contributed by atoms with Gasteiger partial charge in [-0.25, -0.2) is 19.9 Å². The van der Waals surface area contributed by atoms with E-state index in [1.807, 2.05) is 0 Å². The van der Waals surface area contributed by atoms with E-state index in [4.69, 9.17) is 0 Å². The normalized spacial score (nSPS) is 17.5. The number of H-pyrrole nitrogens is 1. The van der Waals surface area contributed by atoms with Gasteiger partial charge in [0.2, 0.25) is 5.95 Å². The molecule has 3 rings (SSSR count). The van der Waals surface area contributed by atoms with Gasteiger partial charge in [-0.2, -0.15) is 31.4 Å². The van der Waals surface area contributed by atoms with E-state index in [-0.39, 0.29) is 32.1 Å². The minimum absolute atomic E-state index is 0.00494. The molecule has 17 heteroatoms. The number of aromatic nitrogens is 4. The molecule has 11 nitrogen and oxygen atoms in total. The maximum absolute atomic E-state index is 13.1. The lowest BCUT2D eigenvalue weighted by atomic mass is 10.2. The topological polar surface area (TPSA) is 139 Å². The molecule has 3 heterocycles. The molecular weight excluding hydrogens is 526 g/mol. The number of urea groups is 1. The Kier molecular flexibility index (Phi) is 8.80. The summed E-state index contributed by atoms with van der Waals surface area (Å²) < 4.78 is 77.6. The molecule has 2 aromatic rings. The van der Waals surface area contributed by atoms with E-state index in [2.05, 4.69) is 25.7 Å². The summed E-state index contributed by atoms with van der Waals surface area (Å²) in [6.07, 6.45) is -4.32. The van der Waals surface area contributed by atoms with Crippen LogP contribution in [0.2, 0.25) is 0 Å². The fourth-order valence-electron chi connectivity index (χ4n) is 3.69. The zero-order chi connectivity index (χ0) is 28.1. The highest BCUT2D eigenvalue weighted by Crippen LogP contribution is 2.31. The Bertz CT molecular complexity index is 1190. The molecule has 38 heavy (non-hydrogen) atoms. The third-order valence-corrected chi connectivity index (χ3v) is 5.52. The van der Waals surface area contributed by atoms with Crippen molar-refractivity contribution in [3.8, 4) is 0 Å². The van der Waals surface area contributed by atoms with Crippen molar-refractivity contribution in [1.82, 2.24) is 30.4 Å². The Morgan fingerprint density at radius 1 is 1.18 bits per heavy atom. The molecule has 0 radical (unpaired) electrons. The predicted molar refractivity (Wildman–Crippen MR) is 122 cm³/mol. The molecule has 0 aliphatic carbocycles. The van der Waals surface area contributed by atoms with E-state index in [9.17, 15) is 41.0 Å². The van der Waals surface area contributed by atoms with Crippen molar-refractivity contribution in [1.29, 1.82) is 0 Å². The number of rotatable bonds is 7. The predicted octanol–water partition coefficient (Wildman–Crippen LogP) is 1.85. The SMILES string of the molecule is CC(/C=C/CNC(=O)N1CCN(c2ncc(C(F)(F)F)cn2)CC1CO)Nc1cn[nH]c(=O)c1C(F)(F)F. The van der Waals surface area contributed by atoms with Gasteiger partial charge in [0.1, 0.15) is 5.56 Å². The van der Waals surface area contributed by atoms with Crippen molar-refractivity contribution in [3.05, 3.63) is 52.2 Å². The molecular formula is C21H24F6N8O3. The van der Waals surface area contributed by atoms with Crippen LogP contribution in [-0.4, -0.2) is 81.1 Å². The van der Waals surface area contributed by atoms with Crippen LogP contribution in [0.15, 0.2) is 35.5 Å². The molecule has 1 aliphatic rings. The van der Waals surface area contributed by atoms with Crippen molar-refractivity contribution in [2.45, 2.75) is 31.4 Å². The van der Waals surface area contributed by atoms with Crippen molar-refractivity contribution >= 4 is 17.7 Å². The first kappa shape index (κ1) is 28.7. The number of carbonyl (C=O) groups excluding carboxylic acids is 1. The van der Waals surface area contributed by atoms with Gasteiger partial charge in [-0.05, 0) is 6.92 Å². The Labute approximate surface area is 211 Å². The first-order valence-corrected chi connectivity index (χ1v) is 11.2. The molecule has 2 aromatic heterocycles. The summed E-state index contributed by atoms with van der Waals surface area (Å²) in [5.41, 5.74) is -4.28. The summed E-state index contributed by atoms with van der Waals surface area (Å²) in [6, 6.07) is -1.88. The van der Waals surface area contributed by atoms with Crippen LogP contribution in [0, 0.1) is 0 Å². The highest BCUT2D eigenvalue weighted by Gasteiger charge is 2.37. The fraction of sp³-hybridized carbons (Fsp3) is 0.476. The highest BCUT2D eigenvalue weighted by molar-refractivity contribution is 5.75. The number of alkyl halides is 6. The average Bonchev–Trinajstić information content (AvgIpc) is 2.85. The van der Waals surface area contributed by atoms with Crippen LogP contribution >= 0.6 is 0 Å². The highest BCUT2D eigenvalue weighted by atomic mass is 19.4. The third-order valence-electron chi connectivity index (χ3n) is 5.52. The number of aliphatic hydroxyl groups excluding tert-OH is 1. The number of nitrogens with zero attached hydrogens (tertiary/aromatic N) is 5. The fourth-order valence-corrected chi connectivity index (χ4v) is 3.69. The number of halogens is 6. The molecule has 2 atom stereocenters. The molecule has 208 valence electrons.